The van der Waals surface area contributed by atoms with Crippen molar-refractivity contribution in [3.05, 3.63) is 59.1 Å². The van der Waals surface area contributed by atoms with Crippen LogP contribution in [-0.4, -0.2) is 5.75 Å². The van der Waals surface area contributed by atoms with Gasteiger partial charge in [-0.05, 0) is 56.6 Å². The molecular weight excluding hydrogens is 236 g/mol. The van der Waals surface area contributed by atoms with Crippen molar-refractivity contribution in [2.45, 2.75) is 40.5 Å². The number of thioether (sulfide) groups is 1. The molecule has 0 aromatic heterocycles. The van der Waals surface area contributed by atoms with Crippen molar-refractivity contribution in [1.29, 1.82) is 0 Å². The highest BCUT2D eigenvalue weighted by molar-refractivity contribution is 8.03. The minimum atomic E-state index is 1.04. The van der Waals surface area contributed by atoms with Gasteiger partial charge < -0.3 is 0 Å². The van der Waals surface area contributed by atoms with Crippen LogP contribution < -0.4 is 0 Å². The summed E-state index contributed by atoms with van der Waals surface area (Å²) in [4.78, 5) is 1.38. The van der Waals surface area contributed by atoms with Crippen molar-refractivity contribution in [1.82, 2.24) is 0 Å². The van der Waals surface area contributed by atoms with Gasteiger partial charge >= 0.3 is 0 Å². The highest BCUT2D eigenvalue weighted by atomic mass is 32.2. The predicted octanol–water partition coefficient (Wildman–Crippen LogP) is 6.06. The average Bonchev–Trinajstić information content (AvgIpc) is 2.39. The molecule has 0 heterocycles. The Morgan fingerprint density at radius 2 is 1.89 bits per heavy atom. The molecule has 0 N–H and O–H groups in total. The lowest BCUT2D eigenvalue weighted by molar-refractivity contribution is 1.00. The van der Waals surface area contributed by atoms with E-state index >= 15 is 0 Å². The molecule has 0 amide bonds. The van der Waals surface area contributed by atoms with Gasteiger partial charge in [-0.15, -0.1) is 18.3 Å². The summed E-state index contributed by atoms with van der Waals surface area (Å²) in [6, 6.07) is 0. The van der Waals surface area contributed by atoms with Crippen LogP contribution in [0.15, 0.2) is 59.1 Å². The molecule has 0 bridgehead atoms. The van der Waals surface area contributed by atoms with Gasteiger partial charge in [-0.25, -0.2) is 0 Å². The minimum absolute atomic E-state index is 1.04. The zero-order valence-corrected chi connectivity index (χ0v) is 13.0. The van der Waals surface area contributed by atoms with Crippen molar-refractivity contribution >= 4 is 11.8 Å². The van der Waals surface area contributed by atoms with Crippen LogP contribution in [-0.2, 0) is 0 Å². The molecule has 0 radical (unpaired) electrons. The summed E-state index contributed by atoms with van der Waals surface area (Å²) >= 11 is 1.91. The highest BCUT2D eigenvalue weighted by Gasteiger charge is 2.04. The Hall–Kier alpha value is -0.950. The number of allylic oxidation sites excluding steroid dienone is 8. The molecule has 0 aliphatic heterocycles. The Kier molecular flexibility index (Phi) is 10.6. The van der Waals surface area contributed by atoms with E-state index in [9.17, 15) is 0 Å². The molecule has 0 aliphatic carbocycles. The quantitative estimate of drug-likeness (QED) is 0.378. The van der Waals surface area contributed by atoms with Gasteiger partial charge in [0.1, 0.15) is 0 Å². The van der Waals surface area contributed by atoms with E-state index in [-0.39, 0.29) is 0 Å². The lowest BCUT2D eigenvalue weighted by atomic mass is 10.1. The molecule has 0 rings (SSSR count). The first-order valence-electron chi connectivity index (χ1n) is 6.63. The Bertz CT molecular complexity index is 354. The van der Waals surface area contributed by atoms with E-state index in [1.807, 2.05) is 17.8 Å². The van der Waals surface area contributed by atoms with E-state index in [0.717, 1.165) is 18.6 Å². The summed E-state index contributed by atoms with van der Waals surface area (Å²) in [7, 11) is 0. The van der Waals surface area contributed by atoms with Crippen molar-refractivity contribution in [3.8, 4) is 0 Å². The summed E-state index contributed by atoms with van der Waals surface area (Å²) in [5, 5.41) is 0. The maximum Gasteiger partial charge on any atom is 0.0107 e. The fourth-order valence-corrected chi connectivity index (χ4v) is 2.56. The van der Waals surface area contributed by atoms with E-state index in [2.05, 4.69) is 64.7 Å². The molecule has 0 aromatic rings. The lowest BCUT2D eigenvalue weighted by Crippen LogP contribution is -1.89. The lowest BCUT2D eigenvalue weighted by Gasteiger charge is -2.10. The van der Waals surface area contributed by atoms with Gasteiger partial charge in [-0.1, -0.05) is 37.3 Å². The van der Waals surface area contributed by atoms with Crippen LogP contribution in [0.2, 0.25) is 0 Å². The van der Waals surface area contributed by atoms with Gasteiger partial charge in [0, 0.05) is 4.91 Å². The van der Waals surface area contributed by atoms with Crippen LogP contribution in [0.5, 0.6) is 0 Å². The Morgan fingerprint density at radius 3 is 2.33 bits per heavy atom. The Balaban J connectivity index is 5.13. The van der Waals surface area contributed by atoms with Crippen LogP contribution in [0, 0.1) is 0 Å². The van der Waals surface area contributed by atoms with Crippen molar-refractivity contribution in [2.75, 3.05) is 5.75 Å². The Morgan fingerprint density at radius 1 is 1.17 bits per heavy atom. The minimum Gasteiger partial charge on any atom is -0.126 e. The van der Waals surface area contributed by atoms with Gasteiger partial charge in [0.2, 0.25) is 0 Å². The smallest absolute Gasteiger partial charge is 0.0107 e. The van der Waals surface area contributed by atoms with Gasteiger partial charge in [0.15, 0.2) is 0 Å². The predicted molar refractivity (Wildman–Crippen MR) is 88.0 cm³/mol. The van der Waals surface area contributed by atoms with E-state index < -0.39 is 0 Å². The standard InChI is InChI=1S/C17H26S/c1-6-11-13-16(9-4)17(18-10-5)14-15(8-3)12-7-2/h6-9,12,14H,1,10-11,13H2,2-5H3/b12-7-,15-8-,16-9+,17-14+. The Labute approximate surface area is 117 Å². The molecule has 0 nitrogen and oxygen atoms in total. The molecule has 1 heteroatoms. The second-order valence-corrected chi connectivity index (χ2v) is 5.18. The fourth-order valence-electron chi connectivity index (χ4n) is 1.62. The maximum absolute atomic E-state index is 3.80. The molecule has 18 heavy (non-hydrogen) atoms. The van der Waals surface area contributed by atoms with Crippen molar-refractivity contribution < 1.29 is 0 Å². The van der Waals surface area contributed by atoms with Crippen LogP contribution in [0.3, 0.4) is 0 Å². The first-order chi connectivity index (χ1) is 8.73. The van der Waals surface area contributed by atoms with E-state index in [1.165, 1.54) is 16.1 Å². The van der Waals surface area contributed by atoms with E-state index in [4.69, 9.17) is 0 Å². The molecule has 0 spiro atoms. The summed E-state index contributed by atoms with van der Waals surface area (Å²) in [5.74, 6) is 1.10. The van der Waals surface area contributed by atoms with Crippen LogP contribution in [0.1, 0.15) is 40.5 Å². The molecule has 0 unspecified atom stereocenters. The van der Waals surface area contributed by atoms with Crippen LogP contribution in [0.25, 0.3) is 0 Å². The molecule has 100 valence electrons. The number of hydrogen-bond acceptors (Lipinski definition) is 1. The largest absolute Gasteiger partial charge is 0.126 e. The van der Waals surface area contributed by atoms with Gasteiger partial charge in [-0.3, -0.25) is 0 Å². The first-order valence-corrected chi connectivity index (χ1v) is 7.61. The van der Waals surface area contributed by atoms with E-state index in [0.29, 0.717) is 0 Å². The second kappa shape index (κ2) is 11.2. The molecule has 0 atom stereocenters. The van der Waals surface area contributed by atoms with Gasteiger partial charge in [0.25, 0.3) is 0 Å². The zero-order valence-electron chi connectivity index (χ0n) is 12.2. The summed E-state index contributed by atoms with van der Waals surface area (Å²) in [5.41, 5.74) is 2.69. The number of rotatable bonds is 8. The van der Waals surface area contributed by atoms with Crippen LogP contribution >= 0.6 is 11.8 Å². The molecule has 0 aromatic carbocycles. The number of hydrogen-bond donors (Lipinski definition) is 0. The first kappa shape index (κ1) is 17.1. The third-order valence-electron chi connectivity index (χ3n) is 2.57. The third kappa shape index (κ3) is 6.70. The van der Waals surface area contributed by atoms with Gasteiger partial charge in [0.05, 0.1) is 0 Å². The normalized spacial score (nSPS) is 14.3. The maximum atomic E-state index is 3.80. The summed E-state index contributed by atoms with van der Waals surface area (Å²) < 4.78 is 0. The molecule has 0 aliphatic rings. The third-order valence-corrected chi connectivity index (χ3v) is 3.55. The monoisotopic (exact) mass is 262 g/mol. The second-order valence-electron chi connectivity index (χ2n) is 3.87. The van der Waals surface area contributed by atoms with Gasteiger partial charge in [-0.2, -0.15) is 0 Å². The molecule has 0 fully saturated rings. The molecular formula is C17H26S. The topological polar surface area (TPSA) is 0 Å². The van der Waals surface area contributed by atoms with Crippen molar-refractivity contribution in [3.63, 3.8) is 0 Å². The highest BCUT2D eigenvalue weighted by Crippen LogP contribution is 2.29. The average molecular weight is 262 g/mol. The molecule has 0 saturated carbocycles. The SMILES string of the molecule is C=CCCC(=C\C)/C(=C\C(\C=C/C)=C/C)SCC. The zero-order chi connectivity index (χ0) is 13.8. The van der Waals surface area contributed by atoms with E-state index in [1.54, 1.807) is 0 Å². The molecule has 0 saturated heterocycles. The summed E-state index contributed by atoms with van der Waals surface area (Å²) in [6.45, 7) is 12.3. The van der Waals surface area contributed by atoms with Crippen molar-refractivity contribution in [2.24, 2.45) is 0 Å². The summed E-state index contributed by atoms with van der Waals surface area (Å²) in [6.07, 6.45) is 15.0. The van der Waals surface area contributed by atoms with Crippen LogP contribution in [0.4, 0.5) is 0 Å². The fraction of sp³-hybridized carbons (Fsp3) is 0.412.